The van der Waals surface area contributed by atoms with Crippen molar-refractivity contribution >= 4 is 11.6 Å². The lowest BCUT2D eigenvalue weighted by atomic mass is 10.1. The fourth-order valence-corrected chi connectivity index (χ4v) is 1.95. The summed E-state index contributed by atoms with van der Waals surface area (Å²) in [6.07, 6.45) is 1.50. The SMILES string of the molecule is N#Cc1cccc(N)c1CN1CCCC1=O. The maximum Gasteiger partial charge on any atom is 0.222 e. The highest BCUT2D eigenvalue weighted by atomic mass is 16.2. The Bertz CT molecular complexity index is 462. The van der Waals surface area contributed by atoms with Gasteiger partial charge in [-0.3, -0.25) is 4.79 Å². The summed E-state index contributed by atoms with van der Waals surface area (Å²) in [5, 5.41) is 8.97. The van der Waals surface area contributed by atoms with E-state index in [-0.39, 0.29) is 5.91 Å². The third-order valence-electron chi connectivity index (χ3n) is 2.85. The molecule has 1 heterocycles. The molecule has 0 aliphatic carbocycles. The van der Waals surface area contributed by atoms with Crippen LogP contribution in [0, 0.1) is 11.3 Å². The molecular formula is C12H13N3O. The van der Waals surface area contributed by atoms with Crippen molar-refractivity contribution in [3.63, 3.8) is 0 Å². The van der Waals surface area contributed by atoms with Crippen molar-refractivity contribution in [2.75, 3.05) is 12.3 Å². The Morgan fingerprint density at radius 1 is 1.50 bits per heavy atom. The number of anilines is 1. The van der Waals surface area contributed by atoms with Gasteiger partial charge in [-0.05, 0) is 18.6 Å². The largest absolute Gasteiger partial charge is 0.398 e. The molecule has 0 unspecified atom stereocenters. The van der Waals surface area contributed by atoms with E-state index in [2.05, 4.69) is 6.07 Å². The molecule has 1 saturated heterocycles. The van der Waals surface area contributed by atoms with Crippen molar-refractivity contribution in [3.05, 3.63) is 29.3 Å². The molecule has 1 aliphatic heterocycles. The van der Waals surface area contributed by atoms with E-state index in [0.717, 1.165) is 18.5 Å². The molecule has 0 saturated carbocycles. The highest BCUT2D eigenvalue weighted by molar-refractivity contribution is 5.78. The fraction of sp³-hybridized carbons (Fsp3) is 0.333. The lowest BCUT2D eigenvalue weighted by Gasteiger charge is -2.17. The van der Waals surface area contributed by atoms with Crippen molar-refractivity contribution in [3.8, 4) is 6.07 Å². The average molecular weight is 215 g/mol. The zero-order valence-electron chi connectivity index (χ0n) is 8.94. The number of rotatable bonds is 2. The smallest absolute Gasteiger partial charge is 0.222 e. The number of hydrogen-bond acceptors (Lipinski definition) is 3. The van der Waals surface area contributed by atoms with Crippen LogP contribution in [0.5, 0.6) is 0 Å². The van der Waals surface area contributed by atoms with E-state index in [1.54, 1.807) is 23.1 Å². The highest BCUT2D eigenvalue weighted by Gasteiger charge is 2.21. The van der Waals surface area contributed by atoms with Crippen molar-refractivity contribution in [1.29, 1.82) is 5.26 Å². The second-order valence-corrected chi connectivity index (χ2v) is 3.90. The second kappa shape index (κ2) is 4.23. The van der Waals surface area contributed by atoms with E-state index in [4.69, 9.17) is 11.0 Å². The van der Waals surface area contributed by atoms with E-state index in [1.807, 2.05) is 0 Å². The minimum Gasteiger partial charge on any atom is -0.398 e. The van der Waals surface area contributed by atoms with Gasteiger partial charge in [0, 0.05) is 30.8 Å². The lowest BCUT2D eigenvalue weighted by molar-refractivity contribution is -0.128. The minimum absolute atomic E-state index is 0.146. The average Bonchev–Trinajstić information content (AvgIpc) is 2.67. The molecule has 0 aromatic heterocycles. The Balaban J connectivity index is 2.27. The molecule has 0 atom stereocenters. The zero-order chi connectivity index (χ0) is 11.5. The van der Waals surface area contributed by atoms with Crippen LogP contribution < -0.4 is 5.73 Å². The monoisotopic (exact) mass is 215 g/mol. The van der Waals surface area contributed by atoms with Crippen molar-refractivity contribution in [2.45, 2.75) is 19.4 Å². The number of nitrogens with zero attached hydrogens (tertiary/aromatic N) is 2. The molecule has 16 heavy (non-hydrogen) atoms. The predicted octanol–water partition coefficient (Wildman–Crippen LogP) is 1.26. The second-order valence-electron chi connectivity index (χ2n) is 3.90. The Morgan fingerprint density at radius 2 is 2.31 bits per heavy atom. The van der Waals surface area contributed by atoms with Crippen LogP contribution in [0.15, 0.2) is 18.2 Å². The Kier molecular flexibility index (Phi) is 2.78. The molecule has 2 N–H and O–H groups in total. The summed E-state index contributed by atoms with van der Waals surface area (Å²) in [6.45, 7) is 1.21. The standard InChI is InChI=1S/C12H13N3O/c13-7-9-3-1-4-11(14)10(9)8-15-6-2-5-12(15)16/h1,3-4H,2,5-6,8,14H2. The number of hydrogen-bond donors (Lipinski definition) is 1. The maximum absolute atomic E-state index is 11.5. The van der Waals surface area contributed by atoms with Crippen LogP contribution in [0.3, 0.4) is 0 Å². The first kappa shape index (κ1) is 10.5. The molecule has 82 valence electrons. The number of carbonyl (C=O) groups is 1. The molecule has 1 aromatic carbocycles. The number of nitrogens with two attached hydrogens (primary N) is 1. The van der Waals surface area contributed by atoms with E-state index in [9.17, 15) is 4.79 Å². The number of benzene rings is 1. The summed E-state index contributed by atoms with van der Waals surface area (Å²) in [5.74, 6) is 0.146. The number of nitrogen functional groups attached to an aromatic ring is 1. The molecule has 1 fully saturated rings. The van der Waals surface area contributed by atoms with Crippen LogP contribution in [0.2, 0.25) is 0 Å². The Hall–Kier alpha value is -2.02. The third-order valence-corrected chi connectivity index (χ3v) is 2.85. The topological polar surface area (TPSA) is 70.1 Å². The van der Waals surface area contributed by atoms with Gasteiger partial charge in [0.2, 0.25) is 5.91 Å². The van der Waals surface area contributed by atoms with Crippen LogP contribution in [-0.2, 0) is 11.3 Å². The van der Waals surface area contributed by atoms with Gasteiger partial charge < -0.3 is 10.6 Å². The molecule has 2 rings (SSSR count). The van der Waals surface area contributed by atoms with Gasteiger partial charge in [0.25, 0.3) is 0 Å². The van der Waals surface area contributed by atoms with Crippen molar-refractivity contribution < 1.29 is 4.79 Å². The summed E-state index contributed by atoms with van der Waals surface area (Å²) >= 11 is 0. The maximum atomic E-state index is 11.5. The van der Waals surface area contributed by atoms with Gasteiger partial charge in [-0.15, -0.1) is 0 Å². The van der Waals surface area contributed by atoms with Gasteiger partial charge in [-0.25, -0.2) is 0 Å². The van der Waals surface area contributed by atoms with Crippen LogP contribution in [0.4, 0.5) is 5.69 Å². The quantitative estimate of drug-likeness (QED) is 0.755. The first-order valence-corrected chi connectivity index (χ1v) is 5.27. The molecule has 1 amide bonds. The summed E-state index contributed by atoms with van der Waals surface area (Å²) in [5.41, 5.74) is 7.73. The molecule has 0 radical (unpaired) electrons. The molecule has 4 heteroatoms. The van der Waals surface area contributed by atoms with Crippen LogP contribution in [-0.4, -0.2) is 17.4 Å². The molecule has 0 spiro atoms. The first-order chi connectivity index (χ1) is 7.72. The van der Waals surface area contributed by atoms with E-state index < -0.39 is 0 Å². The van der Waals surface area contributed by atoms with Gasteiger partial charge in [-0.2, -0.15) is 5.26 Å². The van der Waals surface area contributed by atoms with Gasteiger partial charge >= 0.3 is 0 Å². The van der Waals surface area contributed by atoms with Crippen molar-refractivity contribution in [1.82, 2.24) is 4.90 Å². The molecular weight excluding hydrogens is 202 g/mol. The lowest BCUT2D eigenvalue weighted by Crippen LogP contribution is -2.24. The van der Waals surface area contributed by atoms with Crippen LogP contribution in [0.25, 0.3) is 0 Å². The van der Waals surface area contributed by atoms with E-state index >= 15 is 0 Å². The third kappa shape index (κ3) is 1.84. The normalized spacial score (nSPS) is 15.2. The number of likely N-dealkylation sites (tertiary alicyclic amines) is 1. The molecule has 1 aromatic rings. The summed E-state index contributed by atoms with van der Waals surface area (Å²) in [4.78, 5) is 13.2. The van der Waals surface area contributed by atoms with E-state index in [0.29, 0.717) is 24.2 Å². The molecule has 0 bridgehead atoms. The first-order valence-electron chi connectivity index (χ1n) is 5.27. The number of amides is 1. The van der Waals surface area contributed by atoms with Crippen LogP contribution >= 0.6 is 0 Å². The van der Waals surface area contributed by atoms with Crippen molar-refractivity contribution in [2.24, 2.45) is 0 Å². The molecule has 1 aliphatic rings. The van der Waals surface area contributed by atoms with E-state index in [1.165, 1.54) is 0 Å². The minimum atomic E-state index is 0.146. The van der Waals surface area contributed by atoms with Gasteiger partial charge in [0.1, 0.15) is 0 Å². The fourth-order valence-electron chi connectivity index (χ4n) is 1.95. The predicted molar refractivity (Wildman–Crippen MR) is 60.2 cm³/mol. The Labute approximate surface area is 94.3 Å². The number of carbonyl (C=O) groups excluding carboxylic acids is 1. The summed E-state index contributed by atoms with van der Waals surface area (Å²) in [6, 6.07) is 7.35. The molecule has 4 nitrogen and oxygen atoms in total. The number of nitriles is 1. The van der Waals surface area contributed by atoms with Gasteiger partial charge in [-0.1, -0.05) is 6.07 Å². The Morgan fingerprint density at radius 3 is 2.94 bits per heavy atom. The highest BCUT2D eigenvalue weighted by Crippen LogP contribution is 2.21. The summed E-state index contributed by atoms with van der Waals surface area (Å²) < 4.78 is 0. The van der Waals surface area contributed by atoms with Gasteiger partial charge in [0.15, 0.2) is 0 Å². The van der Waals surface area contributed by atoms with Crippen LogP contribution in [0.1, 0.15) is 24.0 Å². The zero-order valence-corrected chi connectivity index (χ0v) is 8.94. The van der Waals surface area contributed by atoms with Gasteiger partial charge in [0.05, 0.1) is 11.6 Å². The summed E-state index contributed by atoms with van der Waals surface area (Å²) in [7, 11) is 0.